The van der Waals surface area contributed by atoms with E-state index in [2.05, 4.69) is 15.4 Å². The van der Waals surface area contributed by atoms with Crippen LogP contribution in [0.1, 0.15) is 42.4 Å². The first-order valence-electron chi connectivity index (χ1n) is 10.3. The van der Waals surface area contributed by atoms with Crippen LogP contribution in [-0.2, 0) is 31.2 Å². The second-order valence-electron chi connectivity index (χ2n) is 8.33. The highest BCUT2D eigenvalue weighted by molar-refractivity contribution is 5.91. The maximum absolute atomic E-state index is 12.6. The van der Waals surface area contributed by atoms with Crippen molar-refractivity contribution in [2.75, 3.05) is 13.7 Å². The molecule has 0 radical (unpaired) electrons. The van der Waals surface area contributed by atoms with Gasteiger partial charge in [-0.05, 0) is 61.7 Å². The molecule has 1 aliphatic rings. The molecule has 1 N–H and O–H groups in total. The minimum atomic E-state index is -0.937. The van der Waals surface area contributed by atoms with E-state index in [1.165, 1.54) is 4.80 Å². The van der Waals surface area contributed by atoms with Crippen molar-refractivity contribution in [2.24, 2.45) is 7.05 Å². The fourth-order valence-electron chi connectivity index (χ4n) is 4.15. The largest absolute Gasteiger partial charge is 0.496 e. The molecule has 31 heavy (non-hydrogen) atoms. The Morgan fingerprint density at radius 2 is 2.03 bits per heavy atom. The molecule has 0 atom stereocenters. The van der Waals surface area contributed by atoms with Crippen LogP contribution >= 0.6 is 0 Å². The monoisotopic (exact) mass is 425 g/mol. The van der Waals surface area contributed by atoms with Gasteiger partial charge in [-0.25, -0.2) is 4.79 Å². The number of rotatable bonds is 6. The number of nitrogens with zero attached hydrogens (tertiary/aromatic N) is 5. The minimum absolute atomic E-state index is 0.302. The third-order valence-electron chi connectivity index (χ3n) is 5.32. The number of methoxy groups -OCH3 is 1. The standard InChI is InChI=1S/C22H27N5O4/c1-6-31-21(28)17-9-14(12-22(2,3)29)19-15-11-16(20-23-25-26(4)24-20)18(30-5)10-13(15)7-8-27(17)19/h9-11,29H,6-8,12H2,1-5H3. The maximum Gasteiger partial charge on any atom is 0.354 e. The second-order valence-corrected chi connectivity index (χ2v) is 8.33. The molecule has 0 unspecified atom stereocenters. The van der Waals surface area contributed by atoms with E-state index in [0.29, 0.717) is 36.8 Å². The molecule has 0 saturated heterocycles. The highest BCUT2D eigenvalue weighted by atomic mass is 16.5. The second kappa shape index (κ2) is 7.81. The Morgan fingerprint density at radius 3 is 2.65 bits per heavy atom. The van der Waals surface area contributed by atoms with Crippen molar-refractivity contribution in [1.29, 1.82) is 0 Å². The van der Waals surface area contributed by atoms with Gasteiger partial charge in [0.05, 0.1) is 37.6 Å². The normalized spacial score (nSPS) is 13.0. The average molecular weight is 425 g/mol. The van der Waals surface area contributed by atoms with Crippen LogP contribution in [0.4, 0.5) is 0 Å². The van der Waals surface area contributed by atoms with Crippen molar-refractivity contribution >= 4 is 5.97 Å². The number of benzene rings is 1. The minimum Gasteiger partial charge on any atom is -0.496 e. The van der Waals surface area contributed by atoms with Crippen LogP contribution in [0.25, 0.3) is 22.6 Å². The van der Waals surface area contributed by atoms with Gasteiger partial charge in [0.2, 0.25) is 5.82 Å². The number of hydrogen-bond acceptors (Lipinski definition) is 7. The molecule has 4 rings (SSSR count). The Labute approximate surface area is 180 Å². The summed E-state index contributed by atoms with van der Waals surface area (Å²) in [6, 6.07) is 5.82. The fraction of sp³-hybridized carbons (Fsp3) is 0.455. The lowest BCUT2D eigenvalue weighted by atomic mass is 9.90. The molecule has 0 aliphatic carbocycles. The number of aliphatic hydroxyl groups is 1. The molecule has 0 spiro atoms. The van der Waals surface area contributed by atoms with Crippen molar-refractivity contribution < 1.29 is 19.4 Å². The molecule has 2 aromatic heterocycles. The van der Waals surface area contributed by atoms with Crippen molar-refractivity contribution in [3.05, 3.63) is 35.0 Å². The Bertz CT molecular complexity index is 1140. The summed E-state index contributed by atoms with van der Waals surface area (Å²) in [7, 11) is 3.32. The molecule has 9 nitrogen and oxygen atoms in total. The number of ether oxygens (including phenoxy) is 2. The van der Waals surface area contributed by atoms with Crippen LogP contribution in [-0.4, -0.2) is 55.2 Å². The first-order valence-corrected chi connectivity index (χ1v) is 10.3. The Hall–Kier alpha value is -3.20. The number of aromatic nitrogens is 5. The first-order chi connectivity index (χ1) is 14.7. The molecule has 0 fully saturated rings. The van der Waals surface area contributed by atoms with Gasteiger partial charge in [0.1, 0.15) is 11.4 Å². The summed E-state index contributed by atoms with van der Waals surface area (Å²) in [4.78, 5) is 14.0. The molecule has 3 heterocycles. The lowest BCUT2D eigenvalue weighted by Crippen LogP contribution is -2.23. The van der Waals surface area contributed by atoms with Gasteiger partial charge in [0.25, 0.3) is 0 Å². The summed E-state index contributed by atoms with van der Waals surface area (Å²) in [5, 5.41) is 22.9. The van der Waals surface area contributed by atoms with Crippen LogP contribution in [0.3, 0.4) is 0 Å². The van der Waals surface area contributed by atoms with Gasteiger partial charge >= 0.3 is 5.97 Å². The van der Waals surface area contributed by atoms with E-state index in [1.54, 1.807) is 34.9 Å². The molecule has 3 aromatic rings. The molecular weight excluding hydrogens is 398 g/mol. The van der Waals surface area contributed by atoms with Crippen molar-refractivity contribution in [1.82, 2.24) is 24.8 Å². The van der Waals surface area contributed by atoms with E-state index in [0.717, 1.165) is 34.4 Å². The van der Waals surface area contributed by atoms with E-state index < -0.39 is 5.60 Å². The summed E-state index contributed by atoms with van der Waals surface area (Å²) in [6.45, 7) is 6.24. The van der Waals surface area contributed by atoms with Crippen molar-refractivity contribution in [3.8, 4) is 28.4 Å². The van der Waals surface area contributed by atoms with Crippen LogP contribution in [0.2, 0.25) is 0 Å². The third kappa shape index (κ3) is 3.93. The summed E-state index contributed by atoms with van der Waals surface area (Å²) >= 11 is 0. The van der Waals surface area contributed by atoms with E-state index in [-0.39, 0.29) is 5.97 Å². The highest BCUT2D eigenvalue weighted by Crippen LogP contribution is 2.41. The number of hydrogen-bond donors (Lipinski definition) is 1. The Morgan fingerprint density at radius 1 is 1.26 bits per heavy atom. The zero-order chi connectivity index (χ0) is 22.3. The van der Waals surface area contributed by atoms with E-state index in [9.17, 15) is 9.90 Å². The summed E-state index contributed by atoms with van der Waals surface area (Å²) in [5.74, 6) is 0.764. The lowest BCUT2D eigenvalue weighted by Gasteiger charge is -2.25. The molecule has 164 valence electrons. The van der Waals surface area contributed by atoms with Gasteiger partial charge < -0.3 is 19.1 Å². The van der Waals surface area contributed by atoms with Crippen LogP contribution in [0.5, 0.6) is 5.75 Å². The number of esters is 1. The highest BCUT2D eigenvalue weighted by Gasteiger charge is 2.30. The van der Waals surface area contributed by atoms with E-state index in [4.69, 9.17) is 9.47 Å². The van der Waals surface area contributed by atoms with Crippen molar-refractivity contribution in [3.63, 3.8) is 0 Å². The third-order valence-corrected chi connectivity index (χ3v) is 5.32. The average Bonchev–Trinajstić information content (AvgIpc) is 3.29. The van der Waals surface area contributed by atoms with Gasteiger partial charge in [-0.15, -0.1) is 10.2 Å². The molecular formula is C22H27N5O4. The van der Waals surface area contributed by atoms with E-state index in [1.807, 2.05) is 22.8 Å². The number of tetrazole rings is 1. The zero-order valence-corrected chi connectivity index (χ0v) is 18.5. The number of carbonyl (C=O) groups excluding carboxylic acids is 1. The van der Waals surface area contributed by atoms with E-state index >= 15 is 0 Å². The van der Waals surface area contributed by atoms with Gasteiger partial charge in [-0.1, -0.05) is 0 Å². The van der Waals surface area contributed by atoms with Gasteiger partial charge in [-0.3, -0.25) is 0 Å². The Kier molecular flexibility index (Phi) is 5.30. The van der Waals surface area contributed by atoms with Gasteiger partial charge in [0.15, 0.2) is 0 Å². The zero-order valence-electron chi connectivity index (χ0n) is 18.5. The predicted molar refractivity (Wildman–Crippen MR) is 114 cm³/mol. The number of aryl methyl sites for hydroxylation is 2. The Balaban J connectivity index is 1.94. The maximum atomic E-state index is 12.6. The molecule has 0 amide bonds. The summed E-state index contributed by atoms with van der Waals surface area (Å²) in [5.41, 5.74) is 4.13. The smallest absolute Gasteiger partial charge is 0.354 e. The van der Waals surface area contributed by atoms with Crippen LogP contribution in [0, 0.1) is 0 Å². The van der Waals surface area contributed by atoms with Crippen LogP contribution < -0.4 is 4.74 Å². The summed E-state index contributed by atoms with van der Waals surface area (Å²) in [6.07, 6.45) is 1.13. The topological polar surface area (TPSA) is 104 Å². The predicted octanol–water partition coefficient (Wildman–Crippen LogP) is 2.40. The SMILES string of the molecule is CCOC(=O)c1cc(CC(C)(C)O)c2n1CCc1cc(OC)c(-c3nnn(C)n3)cc1-2. The fourth-order valence-corrected chi connectivity index (χ4v) is 4.15. The first kappa shape index (κ1) is 21.0. The molecule has 0 saturated carbocycles. The lowest BCUT2D eigenvalue weighted by molar-refractivity contribution is 0.0513. The van der Waals surface area contributed by atoms with Gasteiger partial charge in [-0.2, -0.15) is 4.80 Å². The van der Waals surface area contributed by atoms with Gasteiger partial charge in [0, 0.05) is 18.5 Å². The van der Waals surface area contributed by atoms with Crippen LogP contribution in [0.15, 0.2) is 18.2 Å². The number of fused-ring (bicyclic) bond motifs is 3. The summed E-state index contributed by atoms with van der Waals surface area (Å²) < 4.78 is 12.9. The molecule has 0 bridgehead atoms. The quantitative estimate of drug-likeness (QED) is 0.605. The molecule has 9 heteroatoms. The number of carbonyl (C=O) groups is 1. The molecule has 1 aliphatic heterocycles. The molecule has 1 aromatic carbocycles. The van der Waals surface area contributed by atoms with Crippen molar-refractivity contribution in [2.45, 2.75) is 45.8 Å².